The van der Waals surface area contributed by atoms with Crippen LogP contribution in [-0.4, -0.2) is 6.54 Å². The van der Waals surface area contributed by atoms with Gasteiger partial charge in [-0.15, -0.1) is 0 Å². The number of rotatable bonds is 2. The largest absolute Gasteiger partial charge is 0.341 e. The third kappa shape index (κ3) is 2.47. The van der Waals surface area contributed by atoms with E-state index in [4.69, 9.17) is 0 Å². The Labute approximate surface area is 127 Å². The van der Waals surface area contributed by atoms with Gasteiger partial charge in [0.2, 0.25) is 0 Å². The summed E-state index contributed by atoms with van der Waals surface area (Å²) in [5, 5.41) is 0.660. The van der Waals surface area contributed by atoms with Crippen LogP contribution < -0.4 is 4.90 Å². The average Bonchev–Trinajstić information content (AvgIpc) is 2.46. The van der Waals surface area contributed by atoms with Crippen LogP contribution in [0, 0.1) is 11.7 Å². The van der Waals surface area contributed by atoms with Crippen LogP contribution in [0.5, 0.6) is 0 Å². The van der Waals surface area contributed by atoms with Crippen molar-refractivity contribution in [1.29, 1.82) is 0 Å². The van der Waals surface area contributed by atoms with Gasteiger partial charge < -0.3 is 4.90 Å². The molecule has 0 radical (unpaired) electrons. The fourth-order valence-electron chi connectivity index (χ4n) is 2.95. The molecule has 0 fully saturated rings. The van der Waals surface area contributed by atoms with Crippen LogP contribution in [0.25, 0.3) is 0 Å². The molecule has 0 N–H and O–H groups in total. The van der Waals surface area contributed by atoms with Gasteiger partial charge in [-0.1, -0.05) is 41.1 Å². The number of hydrogen-bond acceptors (Lipinski definition) is 1. The normalized spacial score (nSPS) is 17.9. The fraction of sp³-hybridized carbons (Fsp3) is 0.294. The quantitative estimate of drug-likeness (QED) is 0.695. The third-order valence-electron chi connectivity index (χ3n) is 3.82. The lowest BCUT2D eigenvalue weighted by Gasteiger charge is -2.36. The summed E-state index contributed by atoms with van der Waals surface area (Å²) >= 11 is 3.47. The second kappa shape index (κ2) is 5.57. The Kier molecular flexibility index (Phi) is 3.79. The lowest BCUT2D eigenvalue weighted by Crippen LogP contribution is -2.31. The van der Waals surface area contributed by atoms with Gasteiger partial charge in [0.15, 0.2) is 0 Å². The fourth-order valence-corrected chi connectivity index (χ4v) is 3.40. The van der Waals surface area contributed by atoms with E-state index in [0.29, 0.717) is 11.2 Å². The molecular formula is C17H17BrFN. The van der Waals surface area contributed by atoms with Gasteiger partial charge in [0.05, 0.1) is 0 Å². The zero-order valence-electron chi connectivity index (χ0n) is 11.4. The lowest BCUT2D eigenvalue weighted by atomic mass is 9.93. The van der Waals surface area contributed by atoms with Crippen molar-refractivity contribution in [2.45, 2.75) is 18.7 Å². The predicted octanol–water partition coefficient (Wildman–Crippen LogP) is 5.05. The summed E-state index contributed by atoms with van der Waals surface area (Å²) in [6, 6.07) is 13.6. The van der Waals surface area contributed by atoms with E-state index in [1.54, 1.807) is 12.1 Å². The number of anilines is 2. The highest BCUT2D eigenvalue weighted by Crippen LogP contribution is 2.37. The standard InChI is InChI=1S/C17H17BrFN/c1-12-8-13-4-2-3-5-16(13)20(11-12)17-7-6-15(19)9-14(17)10-18/h2-7,9,12H,8,10-11H2,1H3. The minimum atomic E-state index is -0.179. The molecular weight excluding hydrogens is 317 g/mol. The van der Waals surface area contributed by atoms with E-state index in [0.717, 1.165) is 24.2 Å². The SMILES string of the molecule is CC1Cc2ccccc2N(c2ccc(F)cc2CBr)C1. The molecule has 1 aliphatic heterocycles. The highest BCUT2D eigenvalue weighted by Gasteiger charge is 2.23. The molecule has 1 nitrogen and oxygen atoms in total. The van der Waals surface area contributed by atoms with E-state index in [2.05, 4.69) is 52.0 Å². The van der Waals surface area contributed by atoms with Crippen molar-refractivity contribution in [3.63, 3.8) is 0 Å². The number of nitrogens with zero attached hydrogens (tertiary/aromatic N) is 1. The Morgan fingerprint density at radius 2 is 2.00 bits per heavy atom. The van der Waals surface area contributed by atoms with Crippen LogP contribution in [-0.2, 0) is 11.8 Å². The molecule has 20 heavy (non-hydrogen) atoms. The van der Waals surface area contributed by atoms with Crippen LogP contribution in [0.2, 0.25) is 0 Å². The molecule has 0 aliphatic carbocycles. The molecule has 0 bridgehead atoms. The van der Waals surface area contributed by atoms with Crippen LogP contribution >= 0.6 is 15.9 Å². The molecule has 0 saturated heterocycles. The first-order valence-corrected chi connectivity index (χ1v) is 8.01. The van der Waals surface area contributed by atoms with Crippen molar-refractivity contribution in [1.82, 2.24) is 0 Å². The van der Waals surface area contributed by atoms with E-state index in [9.17, 15) is 4.39 Å². The number of benzene rings is 2. The minimum absolute atomic E-state index is 0.179. The second-order valence-corrected chi connectivity index (χ2v) is 6.02. The van der Waals surface area contributed by atoms with E-state index < -0.39 is 0 Å². The molecule has 1 heterocycles. The Balaban J connectivity index is 2.10. The van der Waals surface area contributed by atoms with Crippen LogP contribution in [0.3, 0.4) is 0 Å². The minimum Gasteiger partial charge on any atom is -0.341 e. The van der Waals surface area contributed by atoms with Crippen molar-refractivity contribution >= 4 is 27.3 Å². The zero-order chi connectivity index (χ0) is 14.1. The van der Waals surface area contributed by atoms with Gasteiger partial charge in [0.1, 0.15) is 5.82 Å². The van der Waals surface area contributed by atoms with Crippen LogP contribution in [0.4, 0.5) is 15.8 Å². The second-order valence-electron chi connectivity index (χ2n) is 5.46. The van der Waals surface area contributed by atoms with Crippen LogP contribution in [0.15, 0.2) is 42.5 Å². The van der Waals surface area contributed by atoms with Gasteiger partial charge >= 0.3 is 0 Å². The zero-order valence-corrected chi connectivity index (χ0v) is 13.0. The van der Waals surface area contributed by atoms with E-state index in [-0.39, 0.29) is 5.82 Å². The van der Waals surface area contributed by atoms with E-state index >= 15 is 0 Å². The third-order valence-corrected chi connectivity index (χ3v) is 4.43. The van der Waals surface area contributed by atoms with Crippen molar-refractivity contribution in [3.05, 3.63) is 59.4 Å². The monoisotopic (exact) mass is 333 g/mol. The highest BCUT2D eigenvalue weighted by atomic mass is 79.9. The number of hydrogen-bond donors (Lipinski definition) is 0. The first kappa shape index (κ1) is 13.6. The molecule has 0 saturated carbocycles. The Hall–Kier alpha value is -1.35. The van der Waals surface area contributed by atoms with Gasteiger partial charge in [-0.25, -0.2) is 4.39 Å². The van der Waals surface area contributed by atoms with Crippen molar-refractivity contribution in [2.75, 3.05) is 11.4 Å². The molecule has 1 unspecified atom stereocenters. The maximum absolute atomic E-state index is 13.4. The topological polar surface area (TPSA) is 3.24 Å². The Bertz CT molecular complexity index is 626. The maximum atomic E-state index is 13.4. The molecule has 0 aromatic heterocycles. The summed E-state index contributed by atoms with van der Waals surface area (Å²) in [7, 11) is 0. The molecule has 2 aromatic rings. The summed E-state index contributed by atoms with van der Waals surface area (Å²) in [4.78, 5) is 2.32. The summed E-state index contributed by atoms with van der Waals surface area (Å²) in [6.45, 7) is 3.24. The Morgan fingerprint density at radius 3 is 2.80 bits per heavy atom. The first-order valence-electron chi connectivity index (χ1n) is 6.89. The van der Waals surface area contributed by atoms with Gasteiger partial charge in [-0.05, 0) is 47.7 Å². The van der Waals surface area contributed by atoms with Gasteiger partial charge in [-0.2, -0.15) is 0 Å². The van der Waals surface area contributed by atoms with Gasteiger partial charge in [-0.3, -0.25) is 0 Å². The molecule has 1 atom stereocenters. The molecule has 3 heteroatoms. The van der Waals surface area contributed by atoms with Crippen molar-refractivity contribution in [2.24, 2.45) is 5.92 Å². The smallest absolute Gasteiger partial charge is 0.123 e. The summed E-state index contributed by atoms with van der Waals surface area (Å²) in [5.74, 6) is 0.416. The molecule has 104 valence electrons. The average molecular weight is 334 g/mol. The molecule has 3 rings (SSSR count). The van der Waals surface area contributed by atoms with Gasteiger partial charge in [0, 0.05) is 23.2 Å². The van der Waals surface area contributed by atoms with Gasteiger partial charge in [0.25, 0.3) is 0 Å². The maximum Gasteiger partial charge on any atom is 0.123 e. The molecule has 2 aromatic carbocycles. The predicted molar refractivity (Wildman–Crippen MR) is 85.3 cm³/mol. The number of fused-ring (bicyclic) bond motifs is 1. The lowest BCUT2D eigenvalue weighted by molar-refractivity contribution is 0.561. The molecule has 0 spiro atoms. The number of halogens is 2. The first-order chi connectivity index (χ1) is 9.69. The Morgan fingerprint density at radius 1 is 1.20 bits per heavy atom. The summed E-state index contributed by atoms with van der Waals surface area (Å²) in [6.07, 6.45) is 1.11. The molecule has 0 amide bonds. The summed E-state index contributed by atoms with van der Waals surface area (Å²) < 4.78 is 13.4. The van der Waals surface area contributed by atoms with E-state index in [1.165, 1.54) is 11.3 Å². The van der Waals surface area contributed by atoms with Crippen molar-refractivity contribution in [3.8, 4) is 0 Å². The van der Waals surface area contributed by atoms with E-state index in [1.807, 2.05) is 6.07 Å². The highest BCUT2D eigenvalue weighted by molar-refractivity contribution is 9.08. The molecule has 1 aliphatic rings. The number of alkyl halides is 1. The van der Waals surface area contributed by atoms with Crippen molar-refractivity contribution < 1.29 is 4.39 Å². The summed E-state index contributed by atoms with van der Waals surface area (Å²) in [5.41, 5.74) is 4.71. The van der Waals surface area contributed by atoms with Crippen LogP contribution in [0.1, 0.15) is 18.1 Å². The number of para-hydroxylation sites is 1.